The SMILES string of the molecule is O=C(COc1cccc2ccc(N3CCCCCC3)nc12)Nc1ccc(F)cc1F. The fourth-order valence-corrected chi connectivity index (χ4v) is 3.62. The number of hydrogen-bond acceptors (Lipinski definition) is 4. The van der Waals surface area contributed by atoms with Gasteiger partial charge in [0, 0.05) is 24.5 Å². The van der Waals surface area contributed by atoms with Crippen molar-refractivity contribution in [2.45, 2.75) is 25.7 Å². The van der Waals surface area contributed by atoms with Crippen LogP contribution in [0.5, 0.6) is 5.75 Å². The van der Waals surface area contributed by atoms with Crippen LogP contribution in [0.1, 0.15) is 25.7 Å². The molecule has 3 aromatic rings. The van der Waals surface area contributed by atoms with Crippen molar-refractivity contribution in [1.82, 2.24) is 4.98 Å². The number of halogens is 2. The average molecular weight is 411 g/mol. The van der Waals surface area contributed by atoms with Gasteiger partial charge >= 0.3 is 0 Å². The van der Waals surface area contributed by atoms with E-state index in [1.807, 2.05) is 24.3 Å². The van der Waals surface area contributed by atoms with Gasteiger partial charge in [0.15, 0.2) is 6.61 Å². The van der Waals surface area contributed by atoms with E-state index in [1.165, 1.54) is 18.9 Å². The van der Waals surface area contributed by atoms with Crippen molar-refractivity contribution in [2.75, 3.05) is 29.9 Å². The number of nitrogens with one attached hydrogen (secondary N) is 1. The summed E-state index contributed by atoms with van der Waals surface area (Å²) in [5.74, 6) is -0.695. The van der Waals surface area contributed by atoms with Crippen molar-refractivity contribution in [3.05, 3.63) is 60.2 Å². The van der Waals surface area contributed by atoms with Crippen molar-refractivity contribution in [3.8, 4) is 5.75 Å². The zero-order valence-corrected chi connectivity index (χ0v) is 16.5. The number of hydrogen-bond donors (Lipinski definition) is 1. The number of fused-ring (bicyclic) bond motifs is 1. The van der Waals surface area contributed by atoms with Gasteiger partial charge in [0.1, 0.15) is 28.7 Å². The van der Waals surface area contributed by atoms with Crippen LogP contribution in [0.25, 0.3) is 10.9 Å². The molecule has 0 bridgehead atoms. The molecule has 1 fully saturated rings. The predicted octanol–water partition coefficient (Wildman–Crippen LogP) is 4.91. The molecule has 0 aliphatic carbocycles. The molecule has 0 unspecified atom stereocenters. The van der Waals surface area contributed by atoms with Crippen molar-refractivity contribution in [2.24, 2.45) is 0 Å². The summed E-state index contributed by atoms with van der Waals surface area (Å²) < 4.78 is 32.4. The van der Waals surface area contributed by atoms with E-state index in [4.69, 9.17) is 9.72 Å². The number of para-hydroxylation sites is 1. The molecule has 1 N–H and O–H groups in total. The zero-order chi connectivity index (χ0) is 20.9. The van der Waals surface area contributed by atoms with E-state index in [1.54, 1.807) is 6.07 Å². The summed E-state index contributed by atoms with van der Waals surface area (Å²) >= 11 is 0. The minimum absolute atomic E-state index is 0.0931. The molecule has 156 valence electrons. The Kier molecular flexibility index (Phi) is 6.07. The molecule has 0 radical (unpaired) electrons. The van der Waals surface area contributed by atoms with E-state index < -0.39 is 17.5 Å². The quantitative estimate of drug-likeness (QED) is 0.648. The van der Waals surface area contributed by atoms with E-state index in [-0.39, 0.29) is 12.3 Å². The molecule has 1 saturated heterocycles. The first-order chi connectivity index (χ1) is 14.6. The van der Waals surface area contributed by atoms with Gasteiger partial charge in [-0.15, -0.1) is 0 Å². The molecule has 0 atom stereocenters. The average Bonchev–Trinajstić information content (AvgIpc) is 3.03. The standard InChI is InChI=1S/C23H23F2N3O2/c24-17-9-10-19(18(25)14-17)26-22(29)15-30-20-7-5-6-16-8-11-21(27-23(16)20)28-12-3-1-2-4-13-28/h5-11,14H,1-4,12-13,15H2,(H,26,29). The summed E-state index contributed by atoms with van der Waals surface area (Å²) in [4.78, 5) is 19.3. The lowest BCUT2D eigenvalue weighted by Crippen LogP contribution is -2.24. The first-order valence-electron chi connectivity index (χ1n) is 10.1. The normalized spacial score (nSPS) is 14.4. The predicted molar refractivity (Wildman–Crippen MR) is 113 cm³/mol. The fraction of sp³-hybridized carbons (Fsp3) is 0.304. The van der Waals surface area contributed by atoms with Crippen LogP contribution in [0.4, 0.5) is 20.3 Å². The van der Waals surface area contributed by atoms with Crippen LogP contribution in [0.3, 0.4) is 0 Å². The number of rotatable bonds is 5. The highest BCUT2D eigenvalue weighted by atomic mass is 19.1. The number of pyridine rings is 1. The van der Waals surface area contributed by atoms with E-state index in [0.717, 1.165) is 49.3 Å². The monoisotopic (exact) mass is 411 g/mol. The minimum atomic E-state index is -0.836. The number of ether oxygens (including phenoxy) is 1. The molecule has 5 nitrogen and oxygen atoms in total. The van der Waals surface area contributed by atoms with E-state index in [0.29, 0.717) is 11.3 Å². The smallest absolute Gasteiger partial charge is 0.262 e. The second-order valence-electron chi connectivity index (χ2n) is 7.36. The van der Waals surface area contributed by atoms with Gasteiger partial charge in [0.05, 0.1) is 5.69 Å². The molecular weight excluding hydrogens is 388 g/mol. The fourth-order valence-electron chi connectivity index (χ4n) is 3.62. The zero-order valence-electron chi connectivity index (χ0n) is 16.5. The molecule has 1 aliphatic heterocycles. The van der Waals surface area contributed by atoms with Crippen molar-refractivity contribution in [3.63, 3.8) is 0 Å². The van der Waals surface area contributed by atoms with Crippen molar-refractivity contribution >= 4 is 28.3 Å². The Hall–Kier alpha value is -3.22. The summed E-state index contributed by atoms with van der Waals surface area (Å²) in [6.45, 7) is 1.64. The molecule has 7 heteroatoms. The lowest BCUT2D eigenvalue weighted by atomic mass is 10.2. The second-order valence-corrected chi connectivity index (χ2v) is 7.36. The number of anilines is 2. The van der Waals surface area contributed by atoms with E-state index in [2.05, 4.69) is 10.2 Å². The van der Waals surface area contributed by atoms with Gasteiger partial charge < -0.3 is 15.0 Å². The third-order valence-electron chi connectivity index (χ3n) is 5.16. The van der Waals surface area contributed by atoms with Gasteiger partial charge in [-0.2, -0.15) is 0 Å². The first kappa shape index (κ1) is 20.1. The minimum Gasteiger partial charge on any atom is -0.481 e. The lowest BCUT2D eigenvalue weighted by Gasteiger charge is -2.22. The molecule has 1 aromatic heterocycles. The van der Waals surface area contributed by atoms with Crippen LogP contribution < -0.4 is 15.0 Å². The number of aromatic nitrogens is 1. The molecule has 2 aromatic carbocycles. The van der Waals surface area contributed by atoms with Gasteiger partial charge in [0.25, 0.3) is 5.91 Å². The Bertz CT molecular complexity index is 1050. The molecule has 0 spiro atoms. The number of carbonyl (C=O) groups is 1. The largest absolute Gasteiger partial charge is 0.481 e. The van der Waals surface area contributed by atoms with Crippen molar-refractivity contribution in [1.29, 1.82) is 0 Å². The number of nitrogens with zero attached hydrogens (tertiary/aromatic N) is 2. The Morgan fingerprint density at radius 2 is 1.83 bits per heavy atom. The summed E-state index contributed by atoms with van der Waals surface area (Å²) in [5.41, 5.74) is 0.588. The van der Waals surface area contributed by atoms with Crippen LogP contribution in [0.15, 0.2) is 48.5 Å². The van der Waals surface area contributed by atoms with E-state index >= 15 is 0 Å². The van der Waals surface area contributed by atoms with Gasteiger partial charge in [-0.05, 0) is 43.2 Å². The molecule has 0 saturated carbocycles. The topological polar surface area (TPSA) is 54.5 Å². The molecule has 1 aliphatic rings. The maximum Gasteiger partial charge on any atom is 0.262 e. The van der Waals surface area contributed by atoms with Crippen molar-refractivity contribution < 1.29 is 18.3 Å². The number of amides is 1. The molecule has 30 heavy (non-hydrogen) atoms. The van der Waals surface area contributed by atoms with Crippen LogP contribution in [-0.2, 0) is 4.79 Å². The van der Waals surface area contributed by atoms with Crippen LogP contribution >= 0.6 is 0 Å². The highest BCUT2D eigenvalue weighted by Crippen LogP contribution is 2.27. The van der Waals surface area contributed by atoms with Gasteiger partial charge in [-0.3, -0.25) is 4.79 Å². The Balaban J connectivity index is 1.49. The van der Waals surface area contributed by atoms with Gasteiger partial charge in [-0.25, -0.2) is 13.8 Å². The summed E-state index contributed by atoms with van der Waals surface area (Å²) in [7, 11) is 0. The third-order valence-corrected chi connectivity index (χ3v) is 5.16. The Labute approximate surface area is 173 Å². The molecular formula is C23H23F2N3O2. The second kappa shape index (κ2) is 9.07. The van der Waals surface area contributed by atoms with Crippen LogP contribution in [0.2, 0.25) is 0 Å². The Morgan fingerprint density at radius 3 is 2.60 bits per heavy atom. The summed E-state index contributed by atoms with van der Waals surface area (Å²) in [6, 6.07) is 12.5. The van der Waals surface area contributed by atoms with Crippen LogP contribution in [-0.4, -0.2) is 30.6 Å². The summed E-state index contributed by atoms with van der Waals surface area (Å²) in [5, 5.41) is 3.30. The molecule has 1 amide bonds. The lowest BCUT2D eigenvalue weighted by molar-refractivity contribution is -0.118. The maximum absolute atomic E-state index is 13.7. The number of benzene rings is 2. The van der Waals surface area contributed by atoms with Gasteiger partial charge in [-0.1, -0.05) is 25.0 Å². The molecule has 2 heterocycles. The highest BCUT2D eigenvalue weighted by molar-refractivity contribution is 5.92. The first-order valence-corrected chi connectivity index (χ1v) is 10.1. The third kappa shape index (κ3) is 4.67. The highest BCUT2D eigenvalue weighted by Gasteiger charge is 2.14. The Morgan fingerprint density at radius 1 is 1.03 bits per heavy atom. The van der Waals surface area contributed by atoms with Gasteiger partial charge in [0.2, 0.25) is 0 Å². The molecule has 4 rings (SSSR count). The maximum atomic E-state index is 13.7. The van der Waals surface area contributed by atoms with E-state index in [9.17, 15) is 13.6 Å². The number of carbonyl (C=O) groups excluding carboxylic acids is 1. The van der Waals surface area contributed by atoms with Crippen LogP contribution in [0, 0.1) is 11.6 Å². The summed E-state index contributed by atoms with van der Waals surface area (Å²) in [6.07, 6.45) is 4.78.